The number of hydrogen-bond acceptors (Lipinski definition) is 5. The molecule has 3 aromatic rings. The van der Waals surface area contributed by atoms with Crippen LogP contribution in [0.4, 0.5) is 0 Å². The predicted molar refractivity (Wildman–Crippen MR) is 97.9 cm³/mol. The number of rotatable bonds is 7. The van der Waals surface area contributed by atoms with Crippen LogP contribution in [-0.4, -0.2) is 13.0 Å². The van der Waals surface area contributed by atoms with Gasteiger partial charge in [0.15, 0.2) is 0 Å². The van der Waals surface area contributed by atoms with Gasteiger partial charge < -0.3 is 13.6 Å². The van der Waals surface area contributed by atoms with Crippen molar-refractivity contribution in [3.63, 3.8) is 0 Å². The van der Waals surface area contributed by atoms with E-state index >= 15 is 0 Å². The van der Waals surface area contributed by atoms with Gasteiger partial charge in [-0.2, -0.15) is 8.42 Å². The highest BCUT2D eigenvalue weighted by atomic mass is 32.2. The molecule has 0 heterocycles. The summed E-state index contributed by atoms with van der Waals surface area (Å²) >= 11 is 0. The molecule has 26 heavy (non-hydrogen) atoms. The number of hydrogen-bond donors (Lipinski definition) is 1. The Morgan fingerprint density at radius 2 is 1.12 bits per heavy atom. The van der Waals surface area contributed by atoms with Gasteiger partial charge in [-0.25, -0.2) is 0 Å². The van der Waals surface area contributed by atoms with E-state index in [9.17, 15) is 13.0 Å². The molecule has 0 saturated carbocycles. The molecule has 1 N–H and O–H groups in total. The third-order valence-electron chi connectivity index (χ3n) is 3.13. The lowest BCUT2D eigenvalue weighted by molar-refractivity contribution is 0.387. The van der Waals surface area contributed by atoms with Gasteiger partial charge in [0, 0.05) is 6.07 Å². The third kappa shape index (κ3) is 5.20. The molecular formula is C18H15O6PS. The molecule has 0 aliphatic heterocycles. The SMILES string of the molecule is O=S(=O)(O)c1cccc(OP(Oc2ccccc2)Oc2ccccc2)c1. The van der Waals surface area contributed by atoms with Crippen LogP contribution in [-0.2, 0) is 10.1 Å². The smallest absolute Gasteiger partial charge is 0.409 e. The van der Waals surface area contributed by atoms with Crippen molar-refractivity contribution in [1.82, 2.24) is 0 Å². The molecule has 0 atom stereocenters. The van der Waals surface area contributed by atoms with Crippen LogP contribution in [0.3, 0.4) is 0 Å². The summed E-state index contributed by atoms with van der Waals surface area (Å²) in [5.74, 6) is 1.28. The van der Waals surface area contributed by atoms with Gasteiger partial charge in [-0.1, -0.05) is 42.5 Å². The summed E-state index contributed by atoms with van der Waals surface area (Å²) in [5.41, 5.74) is 0. The van der Waals surface area contributed by atoms with Crippen LogP contribution in [0.25, 0.3) is 0 Å². The number of para-hydroxylation sites is 2. The highest BCUT2D eigenvalue weighted by Crippen LogP contribution is 2.42. The zero-order valence-corrected chi connectivity index (χ0v) is 15.1. The van der Waals surface area contributed by atoms with Crippen molar-refractivity contribution in [3.05, 3.63) is 84.9 Å². The Morgan fingerprint density at radius 3 is 1.62 bits per heavy atom. The van der Waals surface area contributed by atoms with Crippen molar-refractivity contribution >= 4 is 18.7 Å². The van der Waals surface area contributed by atoms with Crippen LogP contribution in [0.1, 0.15) is 0 Å². The van der Waals surface area contributed by atoms with E-state index in [4.69, 9.17) is 13.6 Å². The fraction of sp³-hybridized carbons (Fsp3) is 0. The van der Waals surface area contributed by atoms with Crippen molar-refractivity contribution in [3.8, 4) is 17.2 Å². The molecule has 0 unspecified atom stereocenters. The maximum atomic E-state index is 11.3. The Balaban J connectivity index is 1.83. The molecule has 3 rings (SSSR count). The summed E-state index contributed by atoms with van der Waals surface area (Å²) in [7, 11) is -6.25. The maximum absolute atomic E-state index is 11.3. The topological polar surface area (TPSA) is 82.1 Å². The lowest BCUT2D eigenvalue weighted by atomic mass is 10.3. The van der Waals surface area contributed by atoms with E-state index in [1.165, 1.54) is 18.2 Å². The van der Waals surface area contributed by atoms with Crippen LogP contribution in [0.2, 0.25) is 0 Å². The fourth-order valence-corrected chi connectivity index (χ4v) is 3.47. The summed E-state index contributed by atoms with van der Waals surface area (Å²) < 4.78 is 49.0. The van der Waals surface area contributed by atoms with Gasteiger partial charge in [0.2, 0.25) is 0 Å². The van der Waals surface area contributed by atoms with Crippen molar-refractivity contribution in [2.45, 2.75) is 4.90 Å². The molecule has 0 aliphatic carbocycles. The minimum Gasteiger partial charge on any atom is -0.409 e. The highest BCUT2D eigenvalue weighted by Gasteiger charge is 2.21. The van der Waals surface area contributed by atoms with Crippen molar-refractivity contribution in [2.75, 3.05) is 0 Å². The quantitative estimate of drug-likeness (QED) is 0.465. The summed E-state index contributed by atoms with van der Waals surface area (Å²) in [5, 5.41) is 0. The van der Waals surface area contributed by atoms with Crippen LogP contribution in [0.15, 0.2) is 89.8 Å². The first-order valence-corrected chi connectivity index (χ1v) is 10.1. The van der Waals surface area contributed by atoms with E-state index in [1.54, 1.807) is 30.3 Å². The first-order chi connectivity index (χ1) is 12.5. The lowest BCUT2D eigenvalue weighted by Gasteiger charge is -2.18. The van der Waals surface area contributed by atoms with Crippen molar-refractivity contribution in [1.29, 1.82) is 0 Å². The van der Waals surface area contributed by atoms with Crippen molar-refractivity contribution in [2.24, 2.45) is 0 Å². The molecule has 0 fully saturated rings. The van der Waals surface area contributed by atoms with E-state index in [2.05, 4.69) is 0 Å². The lowest BCUT2D eigenvalue weighted by Crippen LogP contribution is -2.03. The van der Waals surface area contributed by atoms with E-state index < -0.39 is 18.7 Å². The summed E-state index contributed by atoms with van der Waals surface area (Å²) in [6, 6.07) is 23.4. The molecule has 3 aromatic carbocycles. The fourth-order valence-electron chi connectivity index (χ4n) is 1.97. The monoisotopic (exact) mass is 390 g/mol. The molecule has 0 spiro atoms. The average molecular weight is 390 g/mol. The molecule has 6 nitrogen and oxygen atoms in total. The average Bonchev–Trinajstić information content (AvgIpc) is 2.63. The highest BCUT2D eigenvalue weighted by molar-refractivity contribution is 7.85. The Bertz CT molecular complexity index is 906. The van der Waals surface area contributed by atoms with Crippen LogP contribution in [0.5, 0.6) is 17.2 Å². The van der Waals surface area contributed by atoms with Gasteiger partial charge >= 0.3 is 8.60 Å². The standard InChI is InChI=1S/C18H15O6PS/c19-26(20,21)18-13-7-12-17(14-18)24-25(22-15-8-3-1-4-9-15)23-16-10-5-2-6-11-16/h1-14H,(H,19,20,21). The molecule has 0 bridgehead atoms. The van der Waals surface area contributed by atoms with E-state index in [0.29, 0.717) is 11.5 Å². The zero-order chi connectivity index (χ0) is 18.4. The number of benzene rings is 3. The first-order valence-electron chi connectivity index (χ1n) is 7.52. The van der Waals surface area contributed by atoms with Gasteiger partial charge in [-0.3, -0.25) is 4.55 Å². The largest absolute Gasteiger partial charge is 0.530 e. The van der Waals surface area contributed by atoms with Gasteiger partial charge in [0.05, 0.1) is 4.90 Å². The van der Waals surface area contributed by atoms with Gasteiger partial charge in [0.1, 0.15) is 17.2 Å². The molecule has 0 aliphatic rings. The van der Waals surface area contributed by atoms with Gasteiger partial charge in [-0.15, -0.1) is 0 Å². The van der Waals surface area contributed by atoms with Crippen LogP contribution < -0.4 is 13.6 Å². The van der Waals surface area contributed by atoms with Crippen LogP contribution in [0, 0.1) is 0 Å². The Morgan fingerprint density at radius 1 is 0.654 bits per heavy atom. The summed E-state index contributed by atoms with van der Waals surface area (Å²) in [6.07, 6.45) is 0. The molecule has 0 amide bonds. The third-order valence-corrected chi connectivity index (χ3v) is 5.06. The van der Waals surface area contributed by atoms with E-state index in [0.717, 1.165) is 0 Å². The Kier molecular flexibility index (Phi) is 5.73. The summed E-state index contributed by atoms with van der Waals surface area (Å²) in [4.78, 5) is -0.274. The second-order valence-corrected chi connectivity index (χ2v) is 7.49. The molecular weight excluding hydrogens is 375 g/mol. The second-order valence-electron chi connectivity index (χ2n) is 5.07. The Labute approximate surface area is 152 Å². The maximum Gasteiger partial charge on any atom is 0.530 e. The minimum atomic E-state index is -4.33. The normalized spacial score (nSPS) is 11.2. The molecule has 134 valence electrons. The summed E-state index contributed by atoms with van der Waals surface area (Å²) in [6.45, 7) is 0. The molecule has 0 radical (unpaired) electrons. The van der Waals surface area contributed by atoms with Gasteiger partial charge in [0.25, 0.3) is 10.1 Å². The predicted octanol–water partition coefficient (Wildman–Crippen LogP) is 4.70. The Hall–Kier alpha value is -2.60. The minimum absolute atomic E-state index is 0.193. The van der Waals surface area contributed by atoms with E-state index in [1.807, 2.05) is 36.4 Å². The van der Waals surface area contributed by atoms with Crippen molar-refractivity contribution < 1.29 is 26.5 Å². The second kappa shape index (κ2) is 8.19. The molecule has 0 saturated heterocycles. The zero-order valence-electron chi connectivity index (χ0n) is 13.4. The molecule has 0 aromatic heterocycles. The first kappa shape index (κ1) is 18.2. The van der Waals surface area contributed by atoms with Gasteiger partial charge in [-0.05, 0) is 36.4 Å². The van der Waals surface area contributed by atoms with Crippen LogP contribution >= 0.6 is 8.60 Å². The van der Waals surface area contributed by atoms with E-state index in [-0.39, 0.29) is 10.6 Å². The molecule has 8 heteroatoms.